The molecule has 0 atom stereocenters. The number of carboxylic acids is 2. The molecule has 0 unspecified atom stereocenters. The number of halogens is 6. The van der Waals surface area contributed by atoms with E-state index in [2.05, 4.69) is 0 Å². The molecule has 0 rings (SSSR count). The van der Waals surface area contributed by atoms with Crippen molar-refractivity contribution >= 4 is 11.9 Å². The van der Waals surface area contributed by atoms with Crippen molar-refractivity contribution in [3.63, 3.8) is 0 Å². The Kier molecular flexibility index (Phi) is 6.04. The lowest BCUT2D eigenvalue weighted by atomic mass is 9.99. The van der Waals surface area contributed by atoms with Crippen LogP contribution in [0.25, 0.3) is 0 Å². The van der Waals surface area contributed by atoms with Gasteiger partial charge in [0.05, 0.1) is 0 Å². The quantitative estimate of drug-likeness (QED) is 0.584. The average molecular weight is 308 g/mol. The summed E-state index contributed by atoms with van der Waals surface area (Å²) in [4.78, 5) is 21.4. The number of aliphatic carboxylic acids is 2. The van der Waals surface area contributed by atoms with Gasteiger partial charge in [-0.2, -0.15) is 26.3 Å². The summed E-state index contributed by atoms with van der Waals surface area (Å²) in [6, 6.07) is 0. The van der Waals surface area contributed by atoms with Crippen LogP contribution in [-0.4, -0.2) is 34.5 Å². The summed E-state index contributed by atoms with van der Waals surface area (Å²) >= 11 is 0. The molecule has 0 heterocycles. The molecule has 116 valence electrons. The molecule has 20 heavy (non-hydrogen) atoms. The van der Waals surface area contributed by atoms with Gasteiger partial charge in [0.1, 0.15) is 0 Å². The maximum Gasteiger partial charge on any atom is 0.389 e. The summed E-state index contributed by atoms with van der Waals surface area (Å²) in [5.41, 5.74) is -2.34. The van der Waals surface area contributed by atoms with Crippen molar-refractivity contribution in [3.05, 3.63) is 11.1 Å². The SMILES string of the molecule is O=C(O)/C(CCC(F)(F)F)=C(/CCC(F)(F)F)C(=O)O. The second-order valence-corrected chi connectivity index (χ2v) is 3.80. The minimum Gasteiger partial charge on any atom is -0.478 e. The Balaban J connectivity index is 5.25. The van der Waals surface area contributed by atoms with E-state index in [-0.39, 0.29) is 0 Å². The Bertz CT molecular complexity index is 369. The standard InChI is InChI=1S/C10H10F6O4/c11-9(12,13)3-1-5(7(17)18)6(8(19)20)2-4-10(14,15)16/h1-4H2,(H,17,18)(H,19,20)/b6-5-. The molecule has 0 aliphatic heterocycles. The van der Waals surface area contributed by atoms with Crippen molar-refractivity contribution in [2.75, 3.05) is 0 Å². The second-order valence-electron chi connectivity index (χ2n) is 3.80. The molecule has 0 aromatic carbocycles. The molecule has 0 fully saturated rings. The molecule has 0 aliphatic carbocycles. The molecule has 0 saturated carbocycles. The third kappa shape index (κ3) is 7.64. The number of carboxylic acid groups (broad SMARTS) is 2. The van der Waals surface area contributed by atoms with E-state index < -0.39 is 61.1 Å². The predicted molar refractivity (Wildman–Crippen MR) is 52.9 cm³/mol. The lowest BCUT2D eigenvalue weighted by molar-refractivity contribution is -0.142. The molecule has 0 aromatic rings. The van der Waals surface area contributed by atoms with E-state index in [9.17, 15) is 35.9 Å². The van der Waals surface area contributed by atoms with Gasteiger partial charge in [-0.05, 0) is 12.8 Å². The van der Waals surface area contributed by atoms with Crippen molar-refractivity contribution in [3.8, 4) is 0 Å². The van der Waals surface area contributed by atoms with Gasteiger partial charge in [0.15, 0.2) is 0 Å². The first-order valence-corrected chi connectivity index (χ1v) is 5.15. The van der Waals surface area contributed by atoms with Gasteiger partial charge in [-0.15, -0.1) is 0 Å². The van der Waals surface area contributed by atoms with Crippen molar-refractivity contribution in [2.24, 2.45) is 0 Å². The van der Waals surface area contributed by atoms with Crippen LogP contribution in [0.2, 0.25) is 0 Å². The Morgan fingerprint density at radius 3 is 1.10 bits per heavy atom. The summed E-state index contributed by atoms with van der Waals surface area (Å²) in [7, 11) is 0. The zero-order chi connectivity index (χ0) is 16.1. The molecular weight excluding hydrogens is 298 g/mol. The number of hydrogen-bond acceptors (Lipinski definition) is 2. The maximum atomic E-state index is 12.0. The number of rotatable bonds is 6. The molecule has 0 radical (unpaired) electrons. The zero-order valence-electron chi connectivity index (χ0n) is 9.81. The van der Waals surface area contributed by atoms with Crippen LogP contribution in [0.4, 0.5) is 26.3 Å². The van der Waals surface area contributed by atoms with Gasteiger partial charge in [-0.1, -0.05) is 0 Å². The topological polar surface area (TPSA) is 74.6 Å². The minimum atomic E-state index is -4.74. The van der Waals surface area contributed by atoms with E-state index in [0.717, 1.165) is 0 Å². The van der Waals surface area contributed by atoms with Crippen molar-refractivity contribution < 1.29 is 46.1 Å². The smallest absolute Gasteiger partial charge is 0.389 e. The molecule has 0 saturated heterocycles. The second kappa shape index (κ2) is 6.62. The fourth-order valence-corrected chi connectivity index (χ4v) is 1.31. The van der Waals surface area contributed by atoms with Crippen molar-refractivity contribution in [2.45, 2.75) is 38.0 Å². The predicted octanol–water partition coefficient (Wildman–Crippen LogP) is 3.14. The van der Waals surface area contributed by atoms with Gasteiger partial charge in [-0.3, -0.25) is 0 Å². The first kappa shape index (κ1) is 18.3. The van der Waals surface area contributed by atoms with E-state index in [1.54, 1.807) is 0 Å². The number of alkyl halides is 6. The molecule has 0 aliphatic rings. The van der Waals surface area contributed by atoms with E-state index in [4.69, 9.17) is 10.2 Å². The number of hydrogen-bond donors (Lipinski definition) is 2. The van der Waals surface area contributed by atoms with E-state index in [1.165, 1.54) is 0 Å². The summed E-state index contributed by atoms with van der Waals surface area (Å²) in [6.07, 6.45) is -15.1. The summed E-state index contributed by atoms with van der Waals surface area (Å²) in [5, 5.41) is 17.3. The van der Waals surface area contributed by atoms with E-state index in [1.807, 2.05) is 0 Å². The summed E-state index contributed by atoms with van der Waals surface area (Å²) in [6.45, 7) is 0. The van der Waals surface area contributed by atoms with Crippen LogP contribution >= 0.6 is 0 Å². The van der Waals surface area contributed by atoms with Crippen LogP contribution in [0.15, 0.2) is 11.1 Å². The Morgan fingerprint density at radius 1 is 0.700 bits per heavy atom. The lowest BCUT2D eigenvalue weighted by Crippen LogP contribution is -2.17. The highest BCUT2D eigenvalue weighted by atomic mass is 19.4. The average Bonchev–Trinajstić information content (AvgIpc) is 2.18. The molecule has 2 N–H and O–H groups in total. The van der Waals surface area contributed by atoms with Gasteiger partial charge in [-0.25, -0.2) is 9.59 Å². The zero-order valence-corrected chi connectivity index (χ0v) is 9.81. The van der Waals surface area contributed by atoms with E-state index in [0.29, 0.717) is 0 Å². The van der Waals surface area contributed by atoms with Crippen molar-refractivity contribution in [1.29, 1.82) is 0 Å². The van der Waals surface area contributed by atoms with Gasteiger partial charge < -0.3 is 10.2 Å². The third-order valence-electron chi connectivity index (χ3n) is 2.20. The Labute approximate surface area is 108 Å². The molecule has 10 heteroatoms. The molecule has 4 nitrogen and oxygen atoms in total. The first-order chi connectivity index (χ1) is 8.83. The van der Waals surface area contributed by atoms with Crippen LogP contribution in [0.1, 0.15) is 25.7 Å². The Hall–Kier alpha value is -1.74. The number of carbonyl (C=O) groups is 2. The first-order valence-electron chi connectivity index (χ1n) is 5.15. The van der Waals surface area contributed by atoms with Crippen LogP contribution in [0.3, 0.4) is 0 Å². The monoisotopic (exact) mass is 308 g/mol. The van der Waals surface area contributed by atoms with Crippen LogP contribution < -0.4 is 0 Å². The fourth-order valence-electron chi connectivity index (χ4n) is 1.31. The van der Waals surface area contributed by atoms with Gasteiger partial charge in [0, 0.05) is 24.0 Å². The normalized spacial score (nSPS) is 13.9. The molecule has 0 aromatic heterocycles. The largest absolute Gasteiger partial charge is 0.478 e. The minimum absolute atomic E-state index is 1.17. The van der Waals surface area contributed by atoms with Gasteiger partial charge >= 0.3 is 24.3 Å². The van der Waals surface area contributed by atoms with Crippen LogP contribution in [0, 0.1) is 0 Å². The third-order valence-corrected chi connectivity index (χ3v) is 2.20. The lowest BCUT2D eigenvalue weighted by Gasteiger charge is -2.12. The summed E-state index contributed by atoms with van der Waals surface area (Å²) in [5.74, 6) is -3.96. The highest BCUT2D eigenvalue weighted by Gasteiger charge is 2.32. The molecular formula is C10H10F6O4. The molecule has 0 amide bonds. The molecule has 0 spiro atoms. The summed E-state index contributed by atoms with van der Waals surface area (Å²) < 4.78 is 71.9. The molecule has 0 bridgehead atoms. The van der Waals surface area contributed by atoms with Crippen molar-refractivity contribution in [1.82, 2.24) is 0 Å². The fraction of sp³-hybridized carbons (Fsp3) is 0.600. The highest BCUT2D eigenvalue weighted by Crippen LogP contribution is 2.29. The van der Waals surface area contributed by atoms with E-state index >= 15 is 0 Å². The van der Waals surface area contributed by atoms with Gasteiger partial charge in [0.2, 0.25) is 0 Å². The highest BCUT2D eigenvalue weighted by molar-refractivity contribution is 5.98. The van der Waals surface area contributed by atoms with Crippen LogP contribution in [-0.2, 0) is 9.59 Å². The maximum absolute atomic E-state index is 12.0. The van der Waals surface area contributed by atoms with Crippen LogP contribution in [0.5, 0.6) is 0 Å². The van der Waals surface area contributed by atoms with Gasteiger partial charge in [0.25, 0.3) is 0 Å². The Morgan fingerprint density at radius 2 is 0.950 bits per heavy atom.